The largest absolute Gasteiger partial charge is 0.497 e. The Morgan fingerprint density at radius 1 is 1.07 bits per heavy atom. The normalized spacial score (nSPS) is 10.4. The predicted molar refractivity (Wildman–Crippen MR) is 99.7 cm³/mol. The highest BCUT2D eigenvalue weighted by Crippen LogP contribution is 2.26. The number of ether oxygens (including phenoxy) is 2. The molecule has 2 aromatic carbocycles. The number of amides is 1. The third-order valence-corrected chi connectivity index (χ3v) is 4.00. The van der Waals surface area contributed by atoms with Gasteiger partial charge >= 0.3 is 0 Å². The molecular formula is C20H21N3O4. The van der Waals surface area contributed by atoms with Gasteiger partial charge in [0.1, 0.15) is 11.5 Å². The van der Waals surface area contributed by atoms with Crippen LogP contribution in [-0.4, -0.2) is 36.8 Å². The SMILES string of the molecule is COc1ccc(CC(=O)NCCc2nc(-c3ccccc3OC)no2)cc1. The number of benzene rings is 2. The molecule has 0 aliphatic carbocycles. The molecule has 3 rings (SSSR count). The van der Waals surface area contributed by atoms with Crippen molar-refractivity contribution in [1.82, 2.24) is 15.5 Å². The summed E-state index contributed by atoms with van der Waals surface area (Å²) in [5.74, 6) is 2.30. The molecule has 7 nitrogen and oxygen atoms in total. The molecule has 1 aromatic heterocycles. The minimum Gasteiger partial charge on any atom is -0.497 e. The number of hydrogen-bond acceptors (Lipinski definition) is 6. The van der Waals surface area contributed by atoms with E-state index in [4.69, 9.17) is 14.0 Å². The molecule has 140 valence electrons. The molecule has 3 aromatic rings. The van der Waals surface area contributed by atoms with Crippen LogP contribution in [0.25, 0.3) is 11.4 Å². The maximum Gasteiger partial charge on any atom is 0.228 e. The standard InChI is InChI=1S/C20H21N3O4/c1-25-15-9-7-14(8-10-15)13-18(24)21-12-11-19-22-20(23-27-19)16-5-3-4-6-17(16)26-2/h3-10H,11-13H2,1-2H3,(H,21,24). The Morgan fingerprint density at radius 2 is 1.85 bits per heavy atom. The molecule has 0 spiro atoms. The molecule has 1 N–H and O–H groups in total. The number of rotatable bonds is 8. The summed E-state index contributed by atoms with van der Waals surface area (Å²) in [4.78, 5) is 16.4. The van der Waals surface area contributed by atoms with Crippen LogP contribution >= 0.6 is 0 Å². The third-order valence-electron chi connectivity index (χ3n) is 4.00. The Balaban J connectivity index is 1.50. The second-order valence-corrected chi connectivity index (χ2v) is 5.84. The lowest BCUT2D eigenvalue weighted by Crippen LogP contribution is -2.27. The number of carbonyl (C=O) groups excluding carboxylic acids is 1. The highest BCUT2D eigenvalue weighted by atomic mass is 16.5. The number of nitrogens with zero attached hydrogens (tertiary/aromatic N) is 2. The molecule has 0 fully saturated rings. The number of aromatic nitrogens is 2. The first-order valence-electron chi connectivity index (χ1n) is 8.55. The van der Waals surface area contributed by atoms with Crippen molar-refractivity contribution >= 4 is 5.91 Å². The Bertz CT molecular complexity index is 890. The minimum absolute atomic E-state index is 0.0652. The van der Waals surface area contributed by atoms with Crippen LogP contribution in [0, 0.1) is 0 Å². The van der Waals surface area contributed by atoms with E-state index in [0.717, 1.165) is 16.9 Å². The van der Waals surface area contributed by atoms with E-state index in [1.165, 1.54) is 0 Å². The first-order valence-corrected chi connectivity index (χ1v) is 8.55. The van der Waals surface area contributed by atoms with Gasteiger partial charge in [-0.25, -0.2) is 0 Å². The van der Waals surface area contributed by atoms with Crippen LogP contribution in [-0.2, 0) is 17.6 Å². The fraction of sp³-hybridized carbons (Fsp3) is 0.250. The van der Waals surface area contributed by atoms with Crippen LogP contribution in [0.15, 0.2) is 53.1 Å². The van der Waals surface area contributed by atoms with Gasteiger partial charge in [-0.15, -0.1) is 0 Å². The number of carbonyl (C=O) groups is 1. The lowest BCUT2D eigenvalue weighted by molar-refractivity contribution is -0.120. The Morgan fingerprint density at radius 3 is 2.59 bits per heavy atom. The molecule has 0 unspecified atom stereocenters. The van der Waals surface area contributed by atoms with Crippen LogP contribution in [0.1, 0.15) is 11.5 Å². The first-order chi connectivity index (χ1) is 13.2. The van der Waals surface area contributed by atoms with Crippen molar-refractivity contribution in [2.75, 3.05) is 20.8 Å². The zero-order valence-corrected chi connectivity index (χ0v) is 15.3. The molecule has 0 atom stereocenters. The van der Waals surface area contributed by atoms with Crippen LogP contribution < -0.4 is 14.8 Å². The molecule has 1 amide bonds. The van der Waals surface area contributed by atoms with Crippen molar-refractivity contribution in [2.24, 2.45) is 0 Å². The quantitative estimate of drug-likeness (QED) is 0.659. The van der Waals surface area contributed by atoms with Gasteiger partial charge in [0.05, 0.1) is 26.2 Å². The Kier molecular flexibility index (Phi) is 6.04. The smallest absolute Gasteiger partial charge is 0.228 e. The van der Waals surface area contributed by atoms with Crippen molar-refractivity contribution in [3.63, 3.8) is 0 Å². The van der Waals surface area contributed by atoms with Gasteiger partial charge < -0.3 is 19.3 Å². The van der Waals surface area contributed by atoms with E-state index >= 15 is 0 Å². The predicted octanol–water partition coefficient (Wildman–Crippen LogP) is 2.66. The summed E-state index contributed by atoms with van der Waals surface area (Å²) in [7, 11) is 3.21. The molecule has 7 heteroatoms. The van der Waals surface area contributed by atoms with Crippen LogP contribution in [0.2, 0.25) is 0 Å². The van der Waals surface area contributed by atoms with Crippen LogP contribution in [0.4, 0.5) is 0 Å². The fourth-order valence-electron chi connectivity index (χ4n) is 2.60. The number of methoxy groups -OCH3 is 2. The molecule has 0 saturated heterocycles. The molecule has 0 radical (unpaired) electrons. The third kappa shape index (κ3) is 4.84. The van der Waals surface area contributed by atoms with E-state index in [0.29, 0.717) is 36.9 Å². The van der Waals surface area contributed by atoms with Gasteiger partial charge in [0.15, 0.2) is 0 Å². The average molecular weight is 367 g/mol. The van der Waals surface area contributed by atoms with Crippen LogP contribution in [0.5, 0.6) is 11.5 Å². The molecule has 27 heavy (non-hydrogen) atoms. The van der Waals surface area contributed by atoms with Crippen molar-refractivity contribution in [3.05, 3.63) is 60.0 Å². The highest BCUT2D eigenvalue weighted by Gasteiger charge is 2.13. The van der Waals surface area contributed by atoms with Crippen molar-refractivity contribution in [1.29, 1.82) is 0 Å². The molecular weight excluding hydrogens is 346 g/mol. The second kappa shape index (κ2) is 8.84. The lowest BCUT2D eigenvalue weighted by atomic mass is 10.1. The van der Waals surface area contributed by atoms with E-state index in [9.17, 15) is 4.79 Å². The Hall–Kier alpha value is -3.35. The van der Waals surface area contributed by atoms with E-state index < -0.39 is 0 Å². The maximum absolute atomic E-state index is 12.0. The summed E-state index contributed by atoms with van der Waals surface area (Å²) in [6, 6.07) is 14.9. The van der Waals surface area contributed by atoms with Crippen molar-refractivity contribution in [3.8, 4) is 22.9 Å². The van der Waals surface area contributed by atoms with E-state index in [-0.39, 0.29) is 5.91 Å². The Labute approximate surface area is 157 Å². The summed E-state index contributed by atoms with van der Waals surface area (Å²) in [6.45, 7) is 0.419. The highest BCUT2D eigenvalue weighted by molar-refractivity contribution is 5.78. The summed E-state index contributed by atoms with van der Waals surface area (Å²) in [6.07, 6.45) is 0.761. The van der Waals surface area contributed by atoms with Gasteiger partial charge in [-0.2, -0.15) is 4.98 Å². The summed E-state index contributed by atoms with van der Waals surface area (Å²) in [5, 5.41) is 6.84. The van der Waals surface area contributed by atoms with Gasteiger partial charge in [0, 0.05) is 13.0 Å². The summed E-state index contributed by atoms with van der Waals surface area (Å²) >= 11 is 0. The number of hydrogen-bond donors (Lipinski definition) is 1. The first kappa shape index (κ1) is 18.4. The maximum atomic E-state index is 12.0. The summed E-state index contributed by atoms with van der Waals surface area (Å²) in [5.41, 5.74) is 1.68. The van der Waals surface area contributed by atoms with E-state index in [1.807, 2.05) is 48.5 Å². The molecule has 1 heterocycles. The second-order valence-electron chi connectivity index (χ2n) is 5.84. The van der Waals surface area contributed by atoms with Gasteiger partial charge in [0.25, 0.3) is 0 Å². The van der Waals surface area contributed by atoms with Crippen molar-refractivity contribution < 1.29 is 18.8 Å². The zero-order valence-electron chi connectivity index (χ0n) is 15.3. The zero-order chi connectivity index (χ0) is 19.1. The van der Waals surface area contributed by atoms with Crippen LogP contribution in [0.3, 0.4) is 0 Å². The number of para-hydroxylation sites is 1. The van der Waals surface area contributed by atoms with Gasteiger partial charge in [0.2, 0.25) is 17.6 Å². The van der Waals surface area contributed by atoms with E-state index in [1.54, 1.807) is 14.2 Å². The monoisotopic (exact) mass is 367 g/mol. The molecule has 0 aliphatic rings. The van der Waals surface area contributed by atoms with E-state index in [2.05, 4.69) is 15.5 Å². The molecule has 0 bridgehead atoms. The minimum atomic E-state index is -0.0652. The fourth-order valence-corrected chi connectivity index (χ4v) is 2.60. The molecule has 0 aliphatic heterocycles. The van der Waals surface area contributed by atoms with Crippen molar-refractivity contribution in [2.45, 2.75) is 12.8 Å². The molecule has 0 saturated carbocycles. The summed E-state index contributed by atoms with van der Waals surface area (Å²) < 4.78 is 15.7. The number of nitrogens with one attached hydrogen (secondary N) is 1. The van der Waals surface area contributed by atoms with Gasteiger partial charge in [-0.3, -0.25) is 4.79 Å². The lowest BCUT2D eigenvalue weighted by Gasteiger charge is -2.05. The van der Waals surface area contributed by atoms with Gasteiger partial charge in [-0.05, 0) is 29.8 Å². The average Bonchev–Trinajstić information content (AvgIpc) is 3.17. The topological polar surface area (TPSA) is 86.5 Å². The van der Waals surface area contributed by atoms with Gasteiger partial charge in [-0.1, -0.05) is 29.4 Å².